The van der Waals surface area contributed by atoms with Crippen molar-refractivity contribution in [2.75, 3.05) is 26.0 Å². The van der Waals surface area contributed by atoms with Gasteiger partial charge in [-0.25, -0.2) is 0 Å². The number of ether oxygens (including phenoxy) is 1. The normalized spacial score (nSPS) is 21.9. The highest BCUT2D eigenvalue weighted by Gasteiger charge is 2.35. The third-order valence-corrected chi connectivity index (χ3v) is 4.24. The number of para-hydroxylation sites is 1. The number of likely N-dealkylation sites (N-methyl/N-ethyl adjacent to an activating group) is 1. The molecule has 2 heterocycles. The van der Waals surface area contributed by atoms with Gasteiger partial charge in [0.05, 0.1) is 5.57 Å². The van der Waals surface area contributed by atoms with Gasteiger partial charge in [0, 0.05) is 28.9 Å². The maximum absolute atomic E-state index is 12.5. The smallest absolute Gasteiger partial charge is 0.260 e. The first kappa shape index (κ1) is 14.0. The molecule has 2 aliphatic heterocycles. The Morgan fingerprint density at radius 1 is 1.04 bits per heavy atom. The Hall–Kier alpha value is -2.59. The summed E-state index contributed by atoms with van der Waals surface area (Å²) in [6.07, 6.45) is -0.0516. The first-order valence-corrected chi connectivity index (χ1v) is 7.71. The number of anilines is 1. The Labute approximate surface area is 135 Å². The van der Waals surface area contributed by atoms with E-state index in [0.29, 0.717) is 11.3 Å². The van der Waals surface area contributed by atoms with Gasteiger partial charge >= 0.3 is 0 Å². The number of nitrogens with zero attached hydrogens (tertiary/aromatic N) is 1. The van der Waals surface area contributed by atoms with E-state index < -0.39 is 0 Å². The average Bonchev–Trinajstić information content (AvgIpc) is 3.04. The number of amides is 1. The summed E-state index contributed by atoms with van der Waals surface area (Å²) < 4.78 is 6.23. The van der Waals surface area contributed by atoms with E-state index in [1.54, 1.807) is 0 Å². The van der Waals surface area contributed by atoms with E-state index in [2.05, 4.69) is 16.3 Å². The molecule has 23 heavy (non-hydrogen) atoms. The Balaban J connectivity index is 1.89. The third kappa shape index (κ3) is 2.23. The van der Waals surface area contributed by atoms with Gasteiger partial charge < -0.3 is 15.0 Å². The van der Waals surface area contributed by atoms with Crippen molar-refractivity contribution in [3.63, 3.8) is 0 Å². The van der Waals surface area contributed by atoms with Gasteiger partial charge in [-0.15, -0.1) is 0 Å². The summed E-state index contributed by atoms with van der Waals surface area (Å²) in [5.41, 5.74) is 4.54. The first-order chi connectivity index (χ1) is 11.1. The van der Waals surface area contributed by atoms with Crippen molar-refractivity contribution < 1.29 is 9.53 Å². The monoisotopic (exact) mass is 306 g/mol. The van der Waals surface area contributed by atoms with Crippen LogP contribution in [-0.4, -0.2) is 31.4 Å². The molecule has 0 saturated heterocycles. The van der Waals surface area contributed by atoms with Crippen molar-refractivity contribution in [2.45, 2.75) is 6.10 Å². The minimum atomic E-state index is -0.0958. The molecule has 0 spiro atoms. The highest BCUT2D eigenvalue weighted by molar-refractivity contribution is 6.36. The molecule has 2 aromatic carbocycles. The van der Waals surface area contributed by atoms with Gasteiger partial charge in [0.1, 0.15) is 11.9 Å². The molecule has 116 valence electrons. The Bertz CT molecular complexity index is 824. The summed E-state index contributed by atoms with van der Waals surface area (Å²) in [6, 6.07) is 15.8. The number of hydrogen-bond acceptors (Lipinski definition) is 3. The lowest BCUT2D eigenvalue weighted by molar-refractivity contribution is -0.110. The van der Waals surface area contributed by atoms with Crippen LogP contribution in [0, 0.1) is 0 Å². The molecule has 1 amide bonds. The molecule has 4 heteroatoms. The molecule has 1 unspecified atom stereocenters. The fraction of sp³-hybridized carbons (Fsp3) is 0.211. The topological polar surface area (TPSA) is 41.6 Å². The molecule has 2 aliphatic rings. The molecule has 1 N–H and O–H groups in total. The quantitative estimate of drug-likeness (QED) is 0.867. The second-order valence-electron chi connectivity index (χ2n) is 6.16. The zero-order valence-corrected chi connectivity index (χ0v) is 13.2. The molecule has 0 bridgehead atoms. The summed E-state index contributed by atoms with van der Waals surface area (Å²) in [4.78, 5) is 14.6. The van der Waals surface area contributed by atoms with Gasteiger partial charge in [0.2, 0.25) is 0 Å². The minimum absolute atomic E-state index is 0.0516. The number of carbonyl (C=O) groups excluding carboxylic acids is 1. The second kappa shape index (κ2) is 5.25. The summed E-state index contributed by atoms with van der Waals surface area (Å²) in [7, 11) is 4.05. The zero-order valence-electron chi connectivity index (χ0n) is 13.2. The molecule has 0 radical (unpaired) electrons. The summed E-state index contributed by atoms with van der Waals surface area (Å²) in [5, 5.41) is 2.92. The van der Waals surface area contributed by atoms with Gasteiger partial charge in [0.25, 0.3) is 5.91 Å². The number of fused-ring (bicyclic) bond motifs is 2. The van der Waals surface area contributed by atoms with Gasteiger partial charge in [-0.3, -0.25) is 4.79 Å². The van der Waals surface area contributed by atoms with Crippen molar-refractivity contribution in [3.05, 3.63) is 65.2 Å². The summed E-state index contributed by atoms with van der Waals surface area (Å²) >= 11 is 0. The van der Waals surface area contributed by atoms with E-state index in [1.807, 2.05) is 56.6 Å². The van der Waals surface area contributed by atoms with E-state index in [1.165, 1.54) is 0 Å². The molecular weight excluding hydrogens is 288 g/mol. The van der Waals surface area contributed by atoms with Gasteiger partial charge in [-0.05, 0) is 20.2 Å². The third-order valence-electron chi connectivity index (χ3n) is 4.24. The Morgan fingerprint density at radius 3 is 2.52 bits per heavy atom. The SMILES string of the molecule is CN(C)CC1O/C(=C2/C(=O)Nc3ccccc32)c2ccccc21. The van der Waals surface area contributed by atoms with Crippen LogP contribution in [0.5, 0.6) is 0 Å². The van der Waals surface area contributed by atoms with Crippen LogP contribution in [0.15, 0.2) is 48.5 Å². The number of benzene rings is 2. The predicted molar refractivity (Wildman–Crippen MR) is 90.7 cm³/mol. The van der Waals surface area contributed by atoms with Gasteiger partial charge in [0.15, 0.2) is 0 Å². The molecule has 2 aromatic rings. The fourth-order valence-electron chi connectivity index (χ4n) is 3.26. The van der Waals surface area contributed by atoms with Crippen LogP contribution >= 0.6 is 0 Å². The largest absolute Gasteiger partial charge is 0.483 e. The zero-order chi connectivity index (χ0) is 16.0. The van der Waals surface area contributed by atoms with Crippen molar-refractivity contribution in [1.82, 2.24) is 4.90 Å². The molecule has 1 atom stereocenters. The highest BCUT2D eigenvalue weighted by Crippen LogP contribution is 2.45. The molecule has 4 nitrogen and oxygen atoms in total. The lowest BCUT2D eigenvalue weighted by Crippen LogP contribution is -2.19. The maximum Gasteiger partial charge on any atom is 0.260 e. The molecular formula is C19H18N2O2. The fourth-order valence-corrected chi connectivity index (χ4v) is 3.26. The van der Waals surface area contributed by atoms with E-state index in [4.69, 9.17) is 4.74 Å². The van der Waals surface area contributed by atoms with Crippen LogP contribution in [0.2, 0.25) is 0 Å². The maximum atomic E-state index is 12.5. The number of carbonyl (C=O) groups is 1. The van der Waals surface area contributed by atoms with E-state index in [9.17, 15) is 4.79 Å². The second-order valence-corrected chi connectivity index (χ2v) is 6.16. The van der Waals surface area contributed by atoms with Crippen molar-refractivity contribution in [3.8, 4) is 0 Å². The first-order valence-electron chi connectivity index (χ1n) is 7.71. The average molecular weight is 306 g/mol. The molecule has 0 fully saturated rings. The van der Waals surface area contributed by atoms with Crippen molar-refractivity contribution >= 4 is 22.9 Å². The van der Waals surface area contributed by atoms with Crippen LogP contribution in [0.4, 0.5) is 5.69 Å². The van der Waals surface area contributed by atoms with Crippen molar-refractivity contribution in [1.29, 1.82) is 0 Å². The van der Waals surface area contributed by atoms with E-state index >= 15 is 0 Å². The number of rotatable bonds is 2. The van der Waals surface area contributed by atoms with Crippen LogP contribution in [0.1, 0.15) is 22.8 Å². The van der Waals surface area contributed by atoms with Crippen LogP contribution < -0.4 is 5.32 Å². The van der Waals surface area contributed by atoms with Gasteiger partial charge in [-0.2, -0.15) is 0 Å². The minimum Gasteiger partial charge on any atom is -0.483 e. The molecule has 0 aliphatic carbocycles. The number of nitrogens with one attached hydrogen (secondary N) is 1. The van der Waals surface area contributed by atoms with Crippen LogP contribution in [-0.2, 0) is 9.53 Å². The Morgan fingerprint density at radius 2 is 1.74 bits per heavy atom. The van der Waals surface area contributed by atoms with E-state index in [0.717, 1.165) is 28.9 Å². The molecule has 0 saturated carbocycles. The van der Waals surface area contributed by atoms with Crippen molar-refractivity contribution in [2.24, 2.45) is 0 Å². The van der Waals surface area contributed by atoms with Gasteiger partial charge in [-0.1, -0.05) is 42.5 Å². The van der Waals surface area contributed by atoms with E-state index in [-0.39, 0.29) is 12.0 Å². The number of hydrogen-bond donors (Lipinski definition) is 1. The summed E-state index contributed by atoms with van der Waals surface area (Å²) in [5.74, 6) is 0.594. The lowest BCUT2D eigenvalue weighted by atomic mass is 9.99. The molecule has 0 aromatic heterocycles. The highest BCUT2D eigenvalue weighted by atomic mass is 16.5. The standard InChI is InChI=1S/C19H18N2O2/c1-21(2)11-16-12-7-3-4-8-13(12)18(23-16)17-14-9-5-6-10-15(14)20-19(17)22/h3-10,16H,11H2,1-2H3,(H,20,22)/b18-17+. The molecule has 4 rings (SSSR count). The summed E-state index contributed by atoms with van der Waals surface area (Å²) in [6.45, 7) is 0.775. The Kier molecular flexibility index (Phi) is 3.20. The van der Waals surface area contributed by atoms with Crippen LogP contribution in [0.3, 0.4) is 0 Å². The lowest BCUT2D eigenvalue weighted by Gasteiger charge is -2.17. The predicted octanol–water partition coefficient (Wildman–Crippen LogP) is 3.14. The van der Waals surface area contributed by atoms with Crippen LogP contribution in [0.25, 0.3) is 11.3 Å².